The van der Waals surface area contributed by atoms with Gasteiger partial charge in [-0.1, -0.05) is 108 Å². The van der Waals surface area contributed by atoms with Gasteiger partial charge in [0.15, 0.2) is 0 Å². The zero-order valence-electron chi connectivity index (χ0n) is 20.0. The van der Waals surface area contributed by atoms with Crippen molar-refractivity contribution in [3.63, 3.8) is 0 Å². The molecule has 0 atom stereocenters. The molecule has 1 amide bonds. The van der Waals surface area contributed by atoms with E-state index in [4.69, 9.17) is 23.2 Å². The summed E-state index contributed by atoms with van der Waals surface area (Å²) in [5, 5.41) is 0.688. The summed E-state index contributed by atoms with van der Waals surface area (Å²) in [6.07, 6.45) is 0. The lowest BCUT2D eigenvalue weighted by atomic mass is 10.1. The molecule has 0 heterocycles. The van der Waals surface area contributed by atoms with Crippen LogP contribution in [0.25, 0.3) is 0 Å². The molecule has 0 aliphatic carbocycles. The summed E-state index contributed by atoms with van der Waals surface area (Å²) in [6, 6.07) is 32.3. The number of hydrogen-bond acceptors (Lipinski definition) is 3. The summed E-state index contributed by atoms with van der Waals surface area (Å²) >= 11 is 12.2. The van der Waals surface area contributed by atoms with Gasteiger partial charge in [0.05, 0.1) is 21.5 Å². The van der Waals surface area contributed by atoms with Crippen LogP contribution in [0.5, 0.6) is 0 Å². The van der Waals surface area contributed by atoms with Crippen molar-refractivity contribution in [2.75, 3.05) is 6.54 Å². The minimum Gasteiger partial charge on any atom is -0.333 e. The maximum Gasteiger partial charge on any atom is 0.243 e. The van der Waals surface area contributed by atoms with E-state index in [9.17, 15) is 13.2 Å². The van der Waals surface area contributed by atoms with E-state index in [1.165, 1.54) is 16.4 Å². The van der Waals surface area contributed by atoms with Crippen LogP contribution < -0.4 is 0 Å². The number of rotatable bonds is 10. The highest BCUT2D eigenvalue weighted by atomic mass is 35.5. The molecule has 0 saturated carbocycles. The van der Waals surface area contributed by atoms with Crippen LogP contribution >= 0.6 is 23.2 Å². The van der Waals surface area contributed by atoms with Gasteiger partial charge in [-0.05, 0) is 41.0 Å². The van der Waals surface area contributed by atoms with Crippen LogP contribution in [0.4, 0.5) is 0 Å². The monoisotopic (exact) mass is 552 g/mol. The Hall–Kier alpha value is -3.16. The summed E-state index contributed by atoms with van der Waals surface area (Å²) in [7, 11) is -3.99. The molecule has 0 unspecified atom stereocenters. The van der Waals surface area contributed by atoms with Crippen LogP contribution in [0, 0.1) is 0 Å². The van der Waals surface area contributed by atoms with Crippen LogP contribution in [0.2, 0.25) is 10.0 Å². The lowest BCUT2D eigenvalue weighted by Crippen LogP contribution is -2.42. The first kappa shape index (κ1) is 26.9. The second kappa shape index (κ2) is 12.4. The highest BCUT2D eigenvalue weighted by molar-refractivity contribution is 7.89. The molecule has 5 nitrogen and oxygen atoms in total. The minimum atomic E-state index is -3.99. The predicted octanol–water partition coefficient (Wildman–Crippen LogP) is 6.41. The Balaban J connectivity index is 1.66. The molecule has 0 bridgehead atoms. The quantitative estimate of drug-likeness (QED) is 0.228. The number of sulfonamides is 1. The van der Waals surface area contributed by atoms with Gasteiger partial charge in [-0.3, -0.25) is 4.79 Å². The molecular weight excluding hydrogens is 527 g/mol. The molecule has 8 heteroatoms. The van der Waals surface area contributed by atoms with Crippen molar-refractivity contribution < 1.29 is 13.2 Å². The molecule has 4 aromatic carbocycles. The fourth-order valence-corrected chi connectivity index (χ4v) is 5.62. The highest BCUT2D eigenvalue weighted by Crippen LogP contribution is 2.25. The number of nitrogens with zero attached hydrogens (tertiary/aromatic N) is 2. The summed E-state index contributed by atoms with van der Waals surface area (Å²) in [4.78, 5) is 15.5. The van der Waals surface area contributed by atoms with Crippen molar-refractivity contribution >= 4 is 39.1 Å². The van der Waals surface area contributed by atoms with Gasteiger partial charge >= 0.3 is 0 Å². The van der Waals surface area contributed by atoms with Crippen molar-refractivity contribution in [1.29, 1.82) is 0 Å². The third-order valence-electron chi connectivity index (χ3n) is 5.82. The Labute approximate surface area is 227 Å². The lowest BCUT2D eigenvalue weighted by Gasteiger charge is -2.28. The van der Waals surface area contributed by atoms with Gasteiger partial charge in [0.25, 0.3) is 0 Å². The zero-order valence-corrected chi connectivity index (χ0v) is 22.3. The molecule has 0 aliphatic heterocycles. The van der Waals surface area contributed by atoms with Gasteiger partial charge in [-0.15, -0.1) is 0 Å². The van der Waals surface area contributed by atoms with Crippen molar-refractivity contribution in [3.05, 3.63) is 136 Å². The van der Waals surface area contributed by atoms with Crippen LogP contribution in [0.1, 0.15) is 16.7 Å². The van der Waals surface area contributed by atoms with Gasteiger partial charge in [-0.25, -0.2) is 8.42 Å². The van der Waals surface area contributed by atoms with Crippen molar-refractivity contribution in [2.45, 2.75) is 24.5 Å². The molecule has 37 heavy (non-hydrogen) atoms. The molecule has 0 saturated heterocycles. The number of benzene rings is 4. The molecule has 190 valence electrons. The average molecular weight is 554 g/mol. The summed E-state index contributed by atoms with van der Waals surface area (Å²) in [6.45, 7) is 0.322. The van der Waals surface area contributed by atoms with E-state index >= 15 is 0 Å². The van der Waals surface area contributed by atoms with Crippen molar-refractivity contribution in [1.82, 2.24) is 9.21 Å². The number of carbonyl (C=O) groups is 1. The largest absolute Gasteiger partial charge is 0.333 e. The molecule has 0 N–H and O–H groups in total. The molecule has 0 radical (unpaired) electrons. The number of halogens is 2. The first-order valence-corrected chi connectivity index (χ1v) is 13.9. The fraction of sp³-hybridized carbons (Fsp3) is 0.138. The van der Waals surface area contributed by atoms with E-state index in [0.29, 0.717) is 28.7 Å². The number of hydrogen-bond donors (Lipinski definition) is 0. The standard InChI is InChI=1S/C29H26Cl2N2O3S/c30-27-17-16-25(18-28(27)31)21-33(37(35,36)26-14-8-3-9-15-26)22-29(34)32(19-23-10-4-1-5-11-23)20-24-12-6-2-7-13-24/h1-18H,19-22H2. The summed E-state index contributed by atoms with van der Waals surface area (Å²) < 4.78 is 28.5. The predicted molar refractivity (Wildman–Crippen MR) is 148 cm³/mol. The first-order valence-electron chi connectivity index (χ1n) is 11.7. The third-order valence-corrected chi connectivity index (χ3v) is 8.37. The van der Waals surface area contributed by atoms with Gasteiger partial charge in [0.1, 0.15) is 0 Å². The number of amides is 1. The Morgan fingerprint density at radius 1 is 0.622 bits per heavy atom. The fourth-order valence-electron chi connectivity index (χ4n) is 3.90. The van der Waals surface area contributed by atoms with E-state index < -0.39 is 10.0 Å². The molecule has 0 spiro atoms. The smallest absolute Gasteiger partial charge is 0.243 e. The van der Waals surface area contributed by atoms with Crippen molar-refractivity contribution in [3.8, 4) is 0 Å². The van der Waals surface area contributed by atoms with Gasteiger partial charge in [0, 0.05) is 19.6 Å². The van der Waals surface area contributed by atoms with Gasteiger partial charge in [0.2, 0.25) is 15.9 Å². The normalized spacial score (nSPS) is 11.4. The summed E-state index contributed by atoms with van der Waals surface area (Å²) in [5.74, 6) is -0.313. The third kappa shape index (κ3) is 7.21. The van der Waals surface area contributed by atoms with Gasteiger partial charge < -0.3 is 4.90 Å². The van der Waals surface area contributed by atoms with Crippen LogP contribution in [0.3, 0.4) is 0 Å². The molecule has 4 rings (SSSR count). The van der Waals surface area contributed by atoms with Crippen LogP contribution in [-0.4, -0.2) is 30.1 Å². The Morgan fingerprint density at radius 2 is 1.14 bits per heavy atom. The van der Waals surface area contributed by atoms with E-state index in [0.717, 1.165) is 11.1 Å². The second-order valence-corrected chi connectivity index (χ2v) is 11.3. The Morgan fingerprint density at radius 3 is 1.65 bits per heavy atom. The summed E-state index contributed by atoms with van der Waals surface area (Å²) in [5.41, 5.74) is 2.53. The highest BCUT2D eigenvalue weighted by Gasteiger charge is 2.29. The van der Waals surface area contributed by atoms with Crippen LogP contribution in [0.15, 0.2) is 114 Å². The molecule has 0 fully saturated rings. The Bertz CT molecular complexity index is 1390. The zero-order chi connectivity index (χ0) is 26.3. The van der Waals surface area contributed by atoms with E-state index in [2.05, 4.69) is 0 Å². The van der Waals surface area contributed by atoms with E-state index in [-0.39, 0.29) is 23.9 Å². The Kier molecular flexibility index (Phi) is 9.00. The molecular formula is C29H26Cl2N2O3S. The van der Waals surface area contributed by atoms with Crippen molar-refractivity contribution in [2.24, 2.45) is 0 Å². The molecule has 4 aromatic rings. The van der Waals surface area contributed by atoms with E-state index in [1.807, 2.05) is 60.7 Å². The van der Waals surface area contributed by atoms with Crippen LogP contribution in [-0.2, 0) is 34.5 Å². The maximum absolute atomic E-state index is 13.7. The van der Waals surface area contributed by atoms with Gasteiger partial charge in [-0.2, -0.15) is 4.31 Å². The number of carbonyl (C=O) groups excluding carboxylic acids is 1. The first-order chi connectivity index (χ1) is 17.8. The second-order valence-electron chi connectivity index (χ2n) is 8.56. The average Bonchev–Trinajstić information content (AvgIpc) is 2.91. The molecule has 0 aliphatic rings. The maximum atomic E-state index is 13.7. The molecule has 0 aromatic heterocycles. The SMILES string of the molecule is O=C(CN(Cc1ccc(Cl)c(Cl)c1)S(=O)(=O)c1ccccc1)N(Cc1ccccc1)Cc1ccccc1. The minimum absolute atomic E-state index is 0.0373. The lowest BCUT2D eigenvalue weighted by molar-refractivity contribution is -0.132. The van der Waals surface area contributed by atoms with E-state index in [1.54, 1.807) is 41.3 Å². The topological polar surface area (TPSA) is 57.7 Å².